The van der Waals surface area contributed by atoms with Crippen LogP contribution < -0.4 is 15.4 Å². The number of nitrogens with zero attached hydrogens (tertiary/aromatic N) is 3. The minimum absolute atomic E-state index is 0.0366. The maximum atomic E-state index is 13.1. The molecule has 0 bridgehead atoms. The first-order valence-electron chi connectivity index (χ1n) is 8.68. The summed E-state index contributed by atoms with van der Waals surface area (Å²) in [7, 11) is -4.07. The summed E-state index contributed by atoms with van der Waals surface area (Å²) in [6.07, 6.45) is -2.83. The zero-order valence-corrected chi connectivity index (χ0v) is 17.3. The number of nitrogens with two attached hydrogens (primary N) is 1. The van der Waals surface area contributed by atoms with Gasteiger partial charge < -0.3 is 15.0 Å². The third-order valence-electron chi connectivity index (χ3n) is 4.33. The molecule has 1 amide bonds. The molecule has 0 radical (unpaired) electrons. The lowest BCUT2D eigenvalue weighted by Gasteiger charge is -2.34. The first kappa shape index (κ1) is 22.3. The number of carbonyl (C=O) groups is 1. The van der Waals surface area contributed by atoms with E-state index in [1.54, 1.807) is 6.92 Å². The molecule has 30 heavy (non-hydrogen) atoms. The van der Waals surface area contributed by atoms with Crippen molar-refractivity contribution >= 4 is 39.0 Å². The van der Waals surface area contributed by atoms with E-state index in [0.29, 0.717) is 5.69 Å². The standard InChI is InChI=1S/C17H18ClF2N5O4S/c1-9-12(18)7-11(16(23-9)25-4-5-29-13(8-25)15(19)20)17(26)24-10-2-3-22-14(6-10)30(21,27)28/h2-3,6-7,13,15H,4-5,8H2,1H3,(H2,21,27,28)(H,22,24,26)/t13-/m1/s1. The Labute approximate surface area is 176 Å². The lowest BCUT2D eigenvalue weighted by atomic mass is 10.1. The normalized spacial score (nSPS) is 17.3. The molecular formula is C17H18ClF2N5O4S. The quantitative estimate of drug-likeness (QED) is 0.694. The van der Waals surface area contributed by atoms with E-state index in [-0.39, 0.29) is 41.8 Å². The molecule has 0 spiro atoms. The Kier molecular flexibility index (Phi) is 6.50. The van der Waals surface area contributed by atoms with Crippen LogP contribution in [0.2, 0.25) is 5.02 Å². The average Bonchev–Trinajstić information content (AvgIpc) is 2.69. The van der Waals surface area contributed by atoms with E-state index >= 15 is 0 Å². The minimum Gasteiger partial charge on any atom is -0.369 e. The van der Waals surface area contributed by atoms with Crippen LogP contribution in [-0.4, -0.2) is 56.5 Å². The molecule has 3 N–H and O–H groups in total. The summed E-state index contributed by atoms with van der Waals surface area (Å²) < 4.78 is 54.2. The highest BCUT2D eigenvalue weighted by atomic mass is 35.5. The van der Waals surface area contributed by atoms with Gasteiger partial charge in [-0.1, -0.05) is 11.6 Å². The number of halogens is 3. The van der Waals surface area contributed by atoms with Gasteiger partial charge in [-0.25, -0.2) is 32.3 Å². The molecule has 0 unspecified atom stereocenters. The highest BCUT2D eigenvalue weighted by Crippen LogP contribution is 2.28. The lowest BCUT2D eigenvalue weighted by Crippen LogP contribution is -2.46. The highest BCUT2D eigenvalue weighted by molar-refractivity contribution is 7.89. The van der Waals surface area contributed by atoms with Crippen LogP contribution in [0.15, 0.2) is 29.4 Å². The third-order valence-corrected chi connectivity index (χ3v) is 5.52. The van der Waals surface area contributed by atoms with Crippen molar-refractivity contribution in [3.8, 4) is 0 Å². The predicted octanol–water partition coefficient (Wildman–Crippen LogP) is 1.81. The van der Waals surface area contributed by atoms with Gasteiger partial charge in [0.2, 0.25) is 0 Å². The topological polar surface area (TPSA) is 128 Å². The second kappa shape index (κ2) is 8.76. The first-order chi connectivity index (χ1) is 14.1. The maximum Gasteiger partial charge on any atom is 0.266 e. The Bertz CT molecular complexity index is 1070. The van der Waals surface area contributed by atoms with Gasteiger partial charge in [-0.05, 0) is 19.1 Å². The molecule has 1 aliphatic heterocycles. The molecule has 3 rings (SSSR count). The predicted molar refractivity (Wildman–Crippen MR) is 106 cm³/mol. The van der Waals surface area contributed by atoms with Gasteiger partial charge in [-0.2, -0.15) is 0 Å². The minimum atomic E-state index is -4.07. The number of nitrogens with one attached hydrogen (secondary N) is 1. The Balaban J connectivity index is 1.93. The fourth-order valence-corrected chi connectivity index (χ4v) is 3.49. The van der Waals surface area contributed by atoms with Gasteiger partial charge in [0.25, 0.3) is 22.4 Å². The van der Waals surface area contributed by atoms with Crippen molar-refractivity contribution in [2.24, 2.45) is 5.14 Å². The third kappa shape index (κ3) is 5.01. The molecule has 9 nitrogen and oxygen atoms in total. The Morgan fingerprint density at radius 2 is 2.17 bits per heavy atom. The SMILES string of the molecule is Cc1nc(N2CCO[C@@H](C(F)F)C2)c(C(=O)Nc2ccnc(S(N)(=O)=O)c2)cc1Cl. The largest absolute Gasteiger partial charge is 0.369 e. The average molecular weight is 462 g/mol. The molecule has 13 heteroatoms. The van der Waals surface area contributed by atoms with Gasteiger partial charge in [0, 0.05) is 24.5 Å². The second-order valence-corrected chi connectivity index (χ2v) is 8.41. The molecule has 1 atom stereocenters. The lowest BCUT2D eigenvalue weighted by molar-refractivity contribution is -0.0615. The Morgan fingerprint density at radius 1 is 1.43 bits per heavy atom. The number of amides is 1. The molecule has 3 heterocycles. The van der Waals surface area contributed by atoms with Crippen molar-refractivity contribution in [1.82, 2.24) is 9.97 Å². The number of hydrogen-bond donors (Lipinski definition) is 2. The second-order valence-electron chi connectivity index (χ2n) is 6.50. The number of hydrogen-bond acceptors (Lipinski definition) is 7. The fraction of sp³-hybridized carbons (Fsp3) is 0.353. The summed E-state index contributed by atoms with van der Waals surface area (Å²) in [5.41, 5.74) is 0.576. The number of carbonyl (C=O) groups excluding carboxylic acids is 1. The van der Waals surface area contributed by atoms with Crippen LogP contribution in [0.1, 0.15) is 16.1 Å². The molecule has 2 aromatic rings. The number of morpholine rings is 1. The monoisotopic (exact) mass is 461 g/mol. The van der Waals surface area contributed by atoms with Crippen LogP contribution in [0.3, 0.4) is 0 Å². The molecular weight excluding hydrogens is 444 g/mol. The molecule has 1 fully saturated rings. The van der Waals surface area contributed by atoms with Crippen LogP contribution in [0, 0.1) is 6.92 Å². The number of anilines is 2. The van der Waals surface area contributed by atoms with Crippen LogP contribution in [-0.2, 0) is 14.8 Å². The summed E-state index contributed by atoms with van der Waals surface area (Å²) >= 11 is 6.12. The summed E-state index contributed by atoms with van der Waals surface area (Å²) in [5, 5.41) is 7.37. The molecule has 0 saturated carbocycles. The van der Waals surface area contributed by atoms with Crippen molar-refractivity contribution in [2.75, 3.05) is 29.9 Å². The number of pyridine rings is 2. The van der Waals surface area contributed by atoms with Gasteiger partial charge in [-0.15, -0.1) is 0 Å². The summed E-state index contributed by atoms with van der Waals surface area (Å²) in [4.78, 5) is 22.4. The number of sulfonamides is 1. The zero-order valence-electron chi connectivity index (χ0n) is 15.7. The van der Waals surface area contributed by atoms with Crippen LogP contribution in [0.4, 0.5) is 20.3 Å². The maximum absolute atomic E-state index is 13.1. The van der Waals surface area contributed by atoms with Crippen molar-refractivity contribution in [2.45, 2.75) is 24.5 Å². The van der Waals surface area contributed by atoms with Gasteiger partial charge >= 0.3 is 0 Å². The first-order valence-corrected chi connectivity index (χ1v) is 10.6. The van der Waals surface area contributed by atoms with Gasteiger partial charge in [0.1, 0.15) is 11.9 Å². The summed E-state index contributed by atoms with van der Waals surface area (Å²) in [6, 6.07) is 3.85. The van der Waals surface area contributed by atoms with Gasteiger partial charge in [-0.3, -0.25) is 4.79 Å². The van der Waals surface area contributed by atoms with Crippen molar-refractivity contribution in [3.63, 3.8) is 0 Å². The van der Waals surface area contributed by atoms with Crippen molar-refractivity contribution in [1.29, 1.82) is 0 Å². The van der Waals surface area contributed by atoms with Gasteiger partial charge in [0.15, 0.2) is 5.03 Å². The smallest absolute Gasteiger partial charge is 0.266 e. The van der Waals surface area contributed by atoms with E-state index in [2.05, 4.69) is 15.3 Å². The number of ether oxygens (including phenoxy) is 1. The Hall–Kier alpha value is -2.41. The molecule has 1 saturated heterocycles. The highest BCUT2D eigenvalue weighted by Gasteiger charge is 2.31. The van der Waals surface area contributed by atoms with Crippen LogP contribution in [0.5, 0.6) is 0 Å². The van der Waals surface area contributed by atoms with Gasteiger partial charge in [0.05, 0.1) is 29.4 Å². The summed E-state index contributed by atoms with van der Waals surface area (Å²) in [6.45, 7) is 1.76. The Morgan fingerprint density at radius 3 is 2.83 bits per heavy atom. The number of rotatable bonds is 5. The van der Waals surface area contributed by atoms with Crippen LogP contribution in [0.25, 0.3) is 0 Å². The van der Waals surface area contributed by atoms with E-state index in [1.165, 1.54) is 23.2 Å². The van der Waals surface area contributed by atoms with E-state index in [1.807, 2.05) is 0 Å². The van der Waals surface area contributed by atoms with E-state index in [4.69, 9.17) is 21.5 Å². The molecule has 0 aliphatic carbocycles. The van der Waals surface area contributed by atoms with Crippen molar-refractivity contribution < 1.29 is 26.7 Å². The summed E-state index contributed by atoms with van der Waals surface area (Å²) in [5.74, 6) is -0.491. The van der Waals surface area contributed by atoms with E-state index in [0.717, 1.165) is 6.07 Å². The molecule has 1 aliphatic rings. The van der Waals surface area contributed by atoms with E-state index in [9.17, 15) is 22.0 Å². The number of primary sulfonamides is 1. The number of alkyl halides is 2. The molecule has 162 valence electrons. The van der Waals surface area contributed by atoms with E-state index < -0.39 is 33.5 Å². The number of aromatic nitrogens is 2. The molecule has 0 aromatic carbocycles. The van der Waals surface area contributed by atoms with Crippen LogP contribution >= 0.6 is 11.6 Å². The molecule has 2 aromatic heterocycles. The zero-order chi connectivity index (χ0) is 22.1. The van der Waals surface area contributed by atoms with Crippen molar-refractivity contribution in [3.05, 3.63) is 40.7 Å². The fourth-order valence-electron chi connectivity index (χ4n) is 2.84. The number of aryl methyl sites for hydroxylation is 1.